The maximum absolute atomic E-state index is 12.8. The standard InChI is InChI=1S/C16H15FN2O/c17-15-7-5-14(6-8-15)16(20)11-19-10-13-3-1-12(9-18)2-4-13/h1-8,16,19-20H,10-11H2. The van der Waals surface area contributed by atoms with Crippen LogP contribution in [0.15, 0.2) is 48.5 Å². The average molecular weight is 270 g/mol. The van der Waals surface area contributed by atoms with Crippen LogP contribution in [-0.4, -0.2) is 11.7 Å². The van der Waals surface area contributed by atoms with Crippen molar-refractivity contribution in [3.05, 3.63) is 71.0 Å². The molecule has 0 saturated carbocycles. The monoisotopic (exact) mass is 270 g/mol. The summed E-state index contributed by atoms with van der Waals surface area (Å²) in [5.74, 6) is -0.313. The fourth-order valence-corrected chi connectivity index (χ4v) is 1.85. The molecule has 0 aromatic heterocycles. The van der Waals surface area contributed by atoms with Crippen molar-refractivity contribution in [1.29, 1.82) is 5.26 Å². The molecule has 1 atom stereocenters. The zero-order valence-corrected chi connectivity index (χ0v) is 10.9. The minimum Gasteiger partial charge on any atom is -0.387 e. The number of hydrogen-bond acceptors (Lipinski definition) is 3. The summed E-state index contributed by atoms with van der Waals surface area (Å²) in [6.45, 7) is 0.982. The topological polar surface area (TPSA) is 56.0 Å². The van der Waals surface area contributed by atoms with E-state index >= 15 is 0 Å². The Labute approximate surface area is 117 Å². The van der Waals surface area contributed by atoms with Crippen LogP contribution in [0.25, 0.3) is 0 Å². The first-order valence-corrected chi connectivity index (χ1v) is 6.32. The summed E-state index contributed by atoms with van der Waals surface area (Å²) in [6.07, 6.45) is -0.672. The third-order valence-corrected chi connectivity index (χ3v) is 3.00. The molecule has 0 radical (unpaired) electrons. The van der Waals surface area contributed by atoms with Gasteiger partial charge in [0.1, 0.15) is 5.82 Å². The van der Waals surface area contributed by atoms with E-state index in [0.29, 0.717) is 24.2 Å². The molecule has 3 nitrogen and oxygen atoms in total. The summed E-state index contributed by atoms with van der Waals surface area (Å²) in [5.41, 5.74) is 2.34. The number of benzene rings is 2. The number of nitrogens with zero attached hydrogens (tertiary/aromatic N) is 1. The Balaban J connectivity index is 1.83. The fraction of sp³-hybridized carbons (Fsp3) is 0.188. The maximum atomic E-state index is 12.8. The van der Waals surface area contributed by atoms with E-state index in [1.54, 1.807) is 24.3 Å². The maximum Gasteiger partial charge on any atom is 0.123 e. The highest BCUT2D eigenvalue weighted by Gasteiger charge is 2.06. The second-order valence-electron chi connectivity index (χ2n) is 4.51. The van der Waals surface area contributed by atoms with Crippen molar-refractivity contribution >= 4 is 0 Å². The van der Waals surface area contributed by atoms with Gasteiger partial charge in [0.2, 0.25) is 0 Å². The molecular weight excluding hydrogens is 255 g/mol. The first-order valence-electron chi connectivity index (χ1n) is 6.32. The van der Waals surface area contributed by atoms with Crippen molar-refractivity contribution in [1.82, 2.24) is 5.32 Å². The van der Waals surface area contributed by atoms with Gasteiger partial charge in [-0.15, -0.1) is 0 Å². The zero-order chi connectivity index (χ0) is 14.4. The predicted octanol–water partition coefficient (Wildman–Crippen LogP) is 2.52. The summed E-state index contributed by atoms with van der Waals surface area (Å²) in [6, 6.07) is 15.1. The molecule has 0 amide bonds. The van der Waals surface area contributed by atoms with Crippen molar-refractivity contribution in [2.24, 2.45) is 0 Å². The van der Waals surface area contributed by atoms with Crippen LogP contribution < -0.4 is 5.32 Å². The molecule has 0 fully saturated rings. The molecule has 2 rings (SSSR count). The lowest BCUT2D eigenvalue weighted by atomic mass is 10.1. The molecule has 0 aliphatic carbocycles. The van der Waals surface area contributed by atoms with Gasteiger partial charge in [-0.05, 0) is 35.4 Å². The van der Waals surface area contributed by atoms with Crippen LogP contribution in [0, 0.1) is 17.1 Å². The van der Waals surface area contributed by atoms with Gasteiger partial charge in [0.05, 0.1) is 17.7 Å². The molecule has 0 bridgehead atoms. The second-order valence-corrected chi connectivity index (χ2v) is 4.51. The van der Waals surface area contributed by atoms with Crippen LogP contribution in [0.2, 0.25) is 0 Å². The third-order valence-electron chi connectivity index (χ3n) is 3.00. The molecule has 0 aliphatic heterocycles. The van der Waals surface area contributed by atoms with Crippen LogP contribution >= 0.6 is 0 Å². The summed E-state index contributed by atoms with van der Waals surface area (Å²) in [4.78, 5) is 0. The normalized spacial score (nSPS) is 11.8. The van der Waals surface area contributed by atoms with Crippen molar-refractivity contribution in [2.45, 2.75) is 12.6 Å². The van der Waals surface area contributed by atoms with E-state index in [-0.39, 0.29) is 5.82 Å². The molecule has 0 heterocycles. The fourth-order valence-electron chi connectivity index (χ4n) is 1.85. The third kappa shape index (κ3) is 3.89. The van der Waals surface area contributed by atoms with Crippen LogP contribution in [-0.2, 0) is 6.54 Å². The number of halogens is 1. The van der Waals surface area contributed by atoms with Crippen LogP contribution in [0.3, 0.4) is 0 Å². The van der Waals surface area contributed by atoms with Crippen LogP contribution in [0.1, 0.15) is 22.8 Å². The Morgan fingerprint density at radius 1 is 1.10 bits per heavy atom. The zero-order valence-electron chi connectivity index (χ0n) is 10.9. The van der Waals surface area contributed by atoms with Gasteiger partial charge >= 0.3 is 0 Å². The Hall–Kier alpha value is -2.22. The van der Waals surface area contributed by atoms with Gasteiger partial charge in [0.25, 0.3) is 0 Å². The number of hydrogen-bond donors (Lipinski definition) is 2. The van der Waals surface area contributed by atoms with Gasteiger partial charge in [-0.2, -0.15) is 5.26 Å². The van der Waals surface area contributed by atoms with Gasteiger partial charge in [0, 0.05) is 13.1 Å². The van der Waals surface area contributed by atoms with E-state index in [1.807, 2.05) is 12.1 Å². The Kier molecular flexibility index (Phi) is 4.83. The van der Waals surface area contributed by atoms with Crippen LogP contribution in [0.4, 0.5) is 4.39 Å². The lowest BCUT2D eigenvalue weighted by molar-refractivity contribution is 0.174. The Morgan fingerprint density at radius 2 is 1.75 bits per heavy atom. The van der Waals surface area contributed by atoms with Gasteiger partial charge < -0.3 is 10.4 Å². The SMILES string of the molecule is N#Cc1ccc(CNCC(O)c2ccc(F)cc2)cc1. The van der Waals surface area contributed by atoms with E-state index in [2.05, 4.69) is 11.4 Å². The quantitative estimate of drug-likeness (QED) is 0.877. The second kappa shape index (κ2) is 6.80. The van der Waals surface area contributed by atoms with Crippen LogP contribution in [0.5, 0.6) is 0 Å². The highest BCUT2D eigenvalue weighted by atomic mass is 19.1. The number of nitrogens with one attached hydrogen (secondary N) is 1. The summed E-state index contributed by atoms with van der Waals surface area (Å²) >= 11 is 0. The first kappa shape index (κ1) is 14.2. The lowest BCUT2D eigenvalue weighted by Crippen LogP contribution is -2.21. The minimum absolute atomic E-state index is 0.313. The molecule has 102 valence electrons. The molecule has 2 N–H and O–H groups in total. The molecule has 0 aliphatic rings. The van der Waals surface area contributed by atoms with E-state index in [4.69, 9.17) is 5.26 Å². The molecule has 4 heteroatoms. The van der Waals surface area contributed by atoms with Crippen molar-refractivity contribution in [2.75, 3.05) is 6.54 Å². The molecule has 2 aromatic carbocycles. The van der Waals surface area contributed by atoms with Crippen molar-refractivity contribution < 1.29 is 9.50 Å². The number of rotatable bonds is 5. The van der Waals surface area contributed by atoms with Gasteiger partial charge in [-0.3, -0.25) is 0 Å². The van der Waals surface area contributed by atoms with E-state index < -0.39 is 6.10 Å². The number of aliphatic hydroxyl groups is 1. The molecule has 0 spiro atoms. The molecule has 2 aromatic rings. The van der Waals surface area contributed by atoms with Crippen molar-refractivity contribution in [3.8, 4) is 6.07 Å². The minimum atomic E-state index is -0.672. The largest absolute Gasteiger partial charge is 0.387 e. The molecule has 20 heavy (non-hydrogen) atoms. The highest BCUT2D eigenvalue weighted by Crippen LogP contribution is 2.12. The van der Waals surface area contributed by atoms with E-state index in [1.165, 1.54) is 12.1 Å². The molecular formula is C16H15FN2O. The number of aliphatic hydroxyl groups excluding tert-OH is 1. The highest BCUT2D eigenvalue weighted by molar-refractivity contribution is 5.31. The predicted molar refractivity (Wildman–Crippen MR) is 74.2 cm³/mol. The summed E-state index contributed by atoms with van der Waals surface area (Å²) < 4.78 is 12.8. The van der Waals surface area contributed by atoms with E-state index in [0.717, 1.165) is 5.56 Å². The van der Waals surface area contributed by atoms with Gasteiger partial charge in [0.15, 0.2) is 0 Å². The van der Waals surface area contributed by atoms with Gasteiger partial charge in [-0.25, -0.2) is 4.39 Å². The van der Waals surface area contributed by atoms with Gasteiger partial charge in [-0.1, -0.05) is 24.3 Å². The Morgan fingerprint density at radius 3 is 2.35 bits per heavy atom. The summed E-state index contributed by atoms with van der Waals surface area (Å²) in [5, 5.41) is 21.8. The van der Waals surface area contributed by atoms with Crippen molar-refractivity contribution in [3.63, 3.8) is 0 Å². The first-order chi connectivity index (χ1) is 9.69. The summed E-state index contributed by atoms with van der Waals surface area (Å²) in [7, 11) is 0. The average Bonchev–Trinajstić information content (AvgIpc) is 2.48. The molecule has 1 unspecified atom stereocenters. The Bertz CT molecular complexity index is 587. The van der Waals surface area contributed by atoms with E-state index in [9.17, 15) is 9.50 Å². The lowest BCUT2D eigenvalue weighted by Gasteiger charge is -2.12. The smallest absolute Gasteiger partial charge is 0.123 e. The molecule has 0 saturated heterocycles. The number of nitriles is 1.